The normalized spacial score (nSPS) is 17.6. The highest BCUT2D eigenvalue weighted by atomic mass is 35.5. The van der Waals surface area contributed by atoms with Crippen LogP contribution < -0.4 is 4.90 Å². The van der Waals surface area contributed by atoms with Gasteiger partial charge in [-0.25, -0.2) is 9.97 Å². The molecule has 5 rings (SSSR count). The van der Waals surface area contributed by atoms with Crippen molar-refractivity contribution in [2.75, 3.05) is 4.90 Å². The number of aliphatic hydroxyl groups excluding tert-OH is 1. The van der Waals surface area contributed by atoms with Gasteiger partial charge in [0.1, 0.15) is 28.6 Å². The quantitative estimate of drug-likeness (QED) is 0.125. The number of aryl methyl sites for hydroxylation is 1. The number of benzene rings is 3. The summed E-state index contributed by atoms with van der Waals surface area (Å²) in [5.74, 6) is -0.930. The van der Waals surface area contributed by atoms with Gasteiger partial charge in [-0.15, -0.1) is 0 Å². The fraction of sp³-hybridized carbons (Fsp3) is 0.333. The van der Waals surface area contributed by atoms with Crippen LogP contribution in [0.5, 0.6) is 0 Å². The summed E-state index contributed by atoms with van der Waals surface area (Å²) < 4.78 is 90.7. The van der Waals surface area contributed by atoms with Crippen LogP contribution in [-0.2, 0) is 22.4 Å². The van der Waals surface area contributed by atoms with E-state index >= 15 is 0 Å². The molecular formula is C33H30ClF6N3O2Si. The lowest BCUT2D eigenvalue weighted by molar-refractivity contribution is -0.142. The molecule has 0 spiro atoms. The Balaban J connectivity index is 1.82. The molecule has 0 aliphatic carbocycles. The summed E-state index contributed by atoms with van der Waals surface area (Å²) in [6.45, 7) is 7.48. The second-order valence-electron chi connectivity index (χ2n) is 12.1. The topological polar surface area (TPSA) is 58.5 Å². The minimum Gasteiger partial charge on any atom is -0.403 e. The van der Waals surface area contributed by atoms with Gasteiger partial charge in [0.05, 0.1) is 16.8 Å². The molecule has 1 aliphatic heterocycles. The first-order chi connectivity index (χ1) is 21.4. The SMILES string of the molecule is Cc1nc(Cl)c2c(n1)N(c1ccc(C(F)(F)F)cc1C(F)(F)F)C(O)CC2C(O[Si]C(C)(C)C)(c1ccccc1)c1ccccc1. The van der Waals surface area contributed by atoms with E-state index < -0.39 is 46.9 Å². The zero-order valence-electron chi connectivity index (χ0n) is 25.2. The zero-order chi connectivity index (χ0) is 33.7. The molecule has 5 nitrogen and oxygen atoms in total. The average molecular weight is 678 g/mol. The monoisotopic (exact) mass is 677 g/mol. The van der Waals surface area contributed by atoms with Crippen LogP contribution in [0.3, 0.4) is 0 Å². The third-order valence-corrected chi connectivity index (χ3v) is 8.94. The van der Waals surface area contributed by atoms with Gasteiger partial charge in [-0.1, -0.05) is 93.0 Å². The molecule has 0 amide bonds. The molecule has 46 heavy (non-hydrogen) atoms. The predicted molar refractivity (Wildman–Crippen MR) is 164 cm³/mol. The molecular weight excluding hydrogens is 648 g/mol. The molecule has 2 atom stereocenters. The Kier molecular flexibility index (Phi) is 9.06. The summed E-state index contributed by atoms with van der Waals surface area (Å²) in [5.41, 5.74) is -3.53. The van der Waals surface area contributed by atoms with Gasteiger partial charge in [-0.05, 0) is 41.3 Å². The Hall–Kier alpha value is -3.45. The zero-order valence-corrected chi connectivity index (χ0v) is 27.0. The van der Waals surface area contributed by atoms with E-state index in [-0.39, 0.29) is 49.6 Å². The van der Waals surface area contributed by atoms with E-state index in [1.165, 1.54) is 6.92 Å². The van der Waals surface area contributed by atoms with E-state index in [1.807, 2.05) is 81.4 Å². The maximum absolute atomic E-state index is 14.4. The van der Waals surface area contributed by atoms with Gasteiger partial charge in [0.25, 0.3) is 0 Å². The Morgan fingerprint density at radius 1 is 0.826 bits per heavy atom. The first kappa shape index (κ1) is 33.9. The summed E-state index contributed by atoms with van der Waals surface area (Å²) in [6, 6.07) is 19.7. The molecule has 13 heteroatoms. The lowest BCUT2D eigenvalue weighted by Crippen LogP contribution is -2.48. The van der Waals surface area contributed by atoms with Crippen LogP contribution in [0.25, 0.3) is 0 Å². The number of hydrogen-bond donors (Lipinski definition) is 1. The summed E-state index contributed by atoms with van der Waals surface area (Å²) in [5, 5.41) is 11.4. The van der Waals surface area contributed by atoms with Crippen molar-refractivity contribution in [3.63, 3.8) is 0 Å². The van der Waals surface area contributed by atoms with E-state index in [1.54, 1.807) is 0 Å². The molecule has 0 saturated carbocycles. The van der Waals surface area contributed by atoms with Gasteiger partial charge in [0.2, 0.25) is 9.76 Å². The summed E-state index contributed by atoms with van der Waals surface area (Å²) in [6.07, 6.45) is -12.2. The highest BCUT2D eigenvalue weighted by Crippen LogP contribution is 2.56. The fourth-order valence-corrected chi connectivity index (χ4v) is 6.93. The van der Waals surface area contributed by atoms with Crippen LogP contribution in [0.2, 0.25) is 10.2 Å². The number of rotatable bonds is 6. The van der Waals surface area contributed by atoms with E-state index in [9.17, 15) is 31.4 Å². The predicted octanol–water partition coefficient (Wildman–Crippen LogP) is 9.22. The molecule has 242 valence electrons. The Morgan fingerprint density at radius 2 is 1.39 bits per heavy atom. The van der Waals surface area contributed by atoms with Gasteiger partial charge in [-0.2, -0.15) is 26.3 Å². The van der Waals surface area contributed by atoms with E-state index in [0.717, 1.165) is 4.90 Å². The minimum absolute atomic E-state index is 0.0370. The standard InChI is InChI=1S/C33H30ClF6N3O2Si/c1-19-41-28(34)27-24(31(45-46-30(2,3)4,20-11-7-5-8-12-20)21-13-9-6-10-14-21)18-26(44)43(29(27)42-19)25-16-15-22(32(35,36)37)17-23(25)33(38,39)40/h5-17,24,26,44H,18H2,1-4H3. The van der Waals surface area contributed by atoms with Crippen LogP contribution in [0, 0.1) is 6.92 Å². The van der Waals surface area contributed by atoms with Gasteiger partial charge in [-0.3, -0.25) is 4.90 Å². The summed E-state index contributed by atoms with van der Waals surface area (Å²) in [7, 11) is -0.0923. The minimum atomic E-state index is -5.20. The molecule has 3 aromatic carbocycles. The van der Waals surface area contributed by atoms with Gasteiger partial charge in [0.15, 0.2) is 0 Å². The Bertz CT molecular complexity index is 1660. The molecule has 2 unspecified atom stereocenters. The molecule has 0 fully saturated rings. The first-order valence-corrected chi connectivity index (χ1v) is 15.6. The van der Waals surface area contributed by atoms with E-state index in [0.29, 0.717) is 23.3 Å². The van der Waals surface area contributed by atoms with Gasteiger partial charge < -0.3 is 9.53 Å². The second-order valence-corrected chi connectivity index (χ2v) is 14.4. The summed E-state index contributed by atoms with van der Waals surface area (Å²) in [4.78, 5) is 9.70. The third kappa shape index (κ3) is 6.53. The van der Waals surface area contributed by atoms with Crippen molar-refractivity contribution in [2.45, 2.75) is 69.3 Å². The van der Waals surface area contributed by atoms with Gasteiger partial charge in [0, 0.05) is 17.9 Å². The largest absolute Gasteiger partial charge is 0.418 e. The molecule has 0 bridgehead atoms. The van der Waals surface area contributed by atoms with Crippen molar-refractivity contribution < 1.29 is 35.9 Å². The molecule has 1 aliphatic rings. The van der Waals surface area contributed by atoms with Crippen molar-refractivity contribution in [3.05, 3.63) is 118 Å². The molecule has 2 heterocycles. The molecule has 4 aromatic rings. The number of anilines is 2. The molecule has 2 radical (unpaired) electrons. The number of aliphatic hydroxyl groups is 1. The smallest absolute Gasteiger partial charge is 0.403 e. The molecule has 1 aromatic heterocycles. The van der Waals surface area contributed by atoms with Crippen molar-refractivity contribution in [2.24, 2.45) is 0 Å². The number of aromatic nitrogens is 2. The maximum Gasteiger partial charge on any atom is 0.418 e. The van der Waals surface area contributed by atoms with Crippen molar-refractivity contribution in [1.82, 2.24) is 9.97 Å². The van der Waals surface area contributed by atoms with Crippen molar-refractivity contribution in [1.29, 1.82) is 0 Å². The van der Waals surface area contributed by atoms with Crippen LogP contribution >= 0.6 is 11.6 Å². The van der Waals surface area contributed by atoms with E-state index in [2.05, 4.69) is 9.97 Å². The third-order valence-electron chi connectivity index (χ3n) is 7.62. The number of halogens is 7. The number of alkyl halides is 6. The lowest BCUT2D eigenvalue weighted by atomic mass is 9.70. The number of nitrogens with zero attached hydrogens (tertiary/aromatic N) is 3. The Labute approximate surface area is 270 Å². The van der Waals surface area contributed by atoms with Crippen molar-refractivity contribution >= 4 is 32.9 Å². The van der Waals surface area contributed by atoms with Gasteiger partial charge >= 0.3 is 12.4 Å². The van der Waals surface area contributed by atoms with Crippen LogP contribution in [0.4, 0.5) is 37.8 Å². The molecule has 0 saturated heterocycles. The average Bonchev–Trinajstić information content (AvgIpc) is 2.96. The maximum atomic E-state index is 14.4. The van der Waals surface area contributed by atoms with Crippen LogP contribution in [0.1, 0.15) is 66.8 Å². The number of hydrogen-bond acceptors (Lipinski definition) is 5. The molecule has 1 N–H and O–H groups in total. The first-order valence-electron chi connectivity index (χ1n) is 14.3. The van der Waals surface area contributed by atoms with Crippen LogP contribution in [-0.4, -0.2) is 31.1 Å². The highest BCUT2D eigenvalue weighted by Gasteiger charge is 2.52. The number of fused-ring (bicyclic) bond motifs is 1. The van der Waals surface area contributed by atoms with Crippen molar-refractivity contribution in [3.8, 4) is 0 Å². The summed E-state index contributed by atoms with van der Waals surface area (Å²) >= 11 is 6.84. The van der Waals surface area contributed by atoms with E-state index in [4.69, 9.17) is 16.0 Å². The fourth-order valence-electron chi connectivity index (χ4n) is 5.75. The Morgan fingerprint density at radius 3 is 1.89 bits per heavy atom. The lowest BCUT2D eigenvalue weighted by Gasteiger charge is -2.49. The highest BCUT2D eigenvalue weighted by molar-refractivity contribution is 6.32. The van der Waals surface area contributed by atoms with Crippen LogP contribution in [0.15, 0.2) is 78.9 Å². The second kappa shape index (κ2) is 12.3.